The fraction of sp³-hybridized carbons (Fsp3) is 0.321. The largest absolute Gasteiger partial charge is 0.493 e. The summed E-state index contributed by atoms with van der Waals surface area (Å²) >= 11 is 0. The third kappa shape index (κ3) is 8.62. The Kier molecular flexibility index (Phi) is 15.3. The number of nitrogens with zero attached hydrogens (tertiary/aromatic N) is 1. The van der Waals surface area contributed by atoms with Gasteiger partial charge in [0, 0.05) is 50.1 Å². The van der Waals surface area contributed by atoms with Gasteiger partial charge in [-0.25, -0.2) is 26.3 Å². The third-order valence-corrected chi connectivity index (χ3v) is 12.9. The topological polar surface area (TPSA) is 111 Å². The summed E-state index contributed by atoms with van der Waals surface area (Å²) in [6.45, 7) is 1.39. The zero-order valence-electron chi connectivity index (χ0n) is 42.0. The van der Waals surface area contributed by atoms with E-state index in [1.54, 1.807) is 25.1 Å². The van der Waals surface area contributed by atoms with Crippen molar-refractivity contribution in [2.75, 3.05) is 91.9 Å². The van der Waals surface area contributed by atoms with E-state index in [2.05, 4.69) is 0 Å². The van der Waals surface area contributed by atoms with Gasteiger partial charge >= 0.3 is 0 Å². The predicted octanol–water partition coefficient (Wildman–Crippen LogP) is 10.9. The van der Waals surface area contributed by atoms with Crippen molar-refractivity contribution in [3.05, 3.63) is 122 Å². The van der Waals surface area contributed by atoms with E-state index in [9.17, 15) is 8.78 Å². The average molecular weight is 1010 g/mol. The van der Waals surface area contributed by atoms with Crippen LogP contribution < -0.4 is 42.6 Å². The molecule has 5 aromatic rings. The highest BCUT2D eigenvalue weighted by molar-refractivity contribution is 5.91. The summed E-state index contributed by atoms with van der Waals surface area (Å²) in [6.07, 6.45) is 1.65. The van der Waals surface area contributed by atoms with Gasteiger partial charge in [0.1, 0.15) is 19.6 Å². The molecule has 72 heavy (non-hydrogen) atoms. The van der Waals surface area contributed by atoms with E-state index < -0.39 is 34.9 Å². The Morgan fingerprint density at radius 1 is 0.375 bits per heavy atom. The van der Waals surface area contributed by atoms with Crippen LogP contribution in [-0.4, -0.2) is 96.3 Å². The van der Waals surface area contributed by atoms with Crippen LogP contribution in [0.15, 0.2) is 59.8 Å². The van der Waals surface area contributed by atoms with Gasteiger partial charge in [-0.3, -0.25) is 0 Å². The first kappa shape index (κ1) is 52.3. The van der Waals surface area contributed by atoms with Crippen molar-refractivity contribution in [3.63, 3.8) is 0 Å². The van der Waals surface area contributed by atoms with Crippen LogP contribution in [0.4, 0.5) is 26.3 Å². The molecule has 5 aromatic carbocycles. The molecule has 2 aliphatic heterocycles. The van der Waals surface area contributed by atoms with Gasteiger partial charge in [-0.05, 0) is 60.5 Å². The van der Waals surface area contributed by atoms with Gasteiger partial charge in [-0.2, -0.15) is 0 Å². The highest BCUT2D eigenvalue weighted by Crippen LogP contribution is 2.58. The number of benzene rings is 5. The smallest absolute Gasteiger partial charge is 0.204 e. The monoisotopic (exact) mass is 1010 g/mol. The van der Waals surface area contributed by atoms with Crippen molar-refractivity contribution in [2.24, 2.45) is 0 Å². The standard InChI is InChI=1S/C53H54F6NO12/c1-25-38-31(39(27-18-34(56)43(59)35(57)19-27)49(68-9)53(72-13)48(38)67-8)24-60(15-14-30(26-16-32(54)42(58)33(55)17-26)45(64-5)52(71-12)44(25)63-4)22-28-20-36(61-2)46(65-6)50(69-10)40(28)41-29(23-60)21-37(62-3)47(66-7)51(41)70-11/h14,16-21H,15,22-24H2,1-13H3/q+1/b30-14+,44-25?,52-45?. The second-order valence-electron chi connectivity index (χ2n) is 16.5. The van der Waals surface area contributed by atoms with E-state index in [0.29, 0.717) is 22.3 Å². The molecule has 7 rings (SSSR count). The molecule has 0 atom stereocenters. The van der Waals surface area contributed by atoms with Gasteiger partial charge in [-0.15, -0.1) is 0 Å². The molecule has 0 aliphatic carbocycles. The van der Waals surface area contributed by atoms with Gasteiger partial charge in [0.25, 0.3) is 0 Å². The fourth-order valence-corrected chi connectivity index (χ4v) is 9.98. The molecule has 0 radical (unpaired) electrons. The van der Waals surface area contributed by atoms with Gasteiger partial charge in [0.15, 0.2) is 80.9 Å². The molecule has 0 N–H and O–H groups in total. The number of ether oxygens (including phenoxy) is 12. The van der Waals surface area contributed by atoms with Crippen LogP contribution in [0.3, 0.4) is 0 Å². The lowest BCUT2D eigenvalue weighted by molar-refractivity contribution is -0.960. The molecule has 0 fully saturated rings. The Bertz CT molecular complexity index is 2940. The fourth-order valence-electron chi connectivity index (χ4n) is 9.98. The minimum atomic E-state index is -1.71. The molecule has 0 unspecified atom stereocenters. The maximum absolute atomic E-state index is 15.7. The summed E-state index contributed by atoms with van der Waals surface area (Å²) in [4.78, 5) is 0. The second kappa shape index (κ2) is 21.0. The summed E-state index contributed by atoms with van der Waals surface area (Å²) in [7, 11) is 16.8. The lowest BCUT2D eigenvalue weighted by Gasteiger charge is -2.39. The molecule has 0 saturated heterocycles. The molecule has 0 bridgehead atoms. The summed E-state index contributed by atoms with van der Waals surface area (Å²) < 4.78 is 165. The zero-order chi connectivity index (χ0) is 52.5. The number of rotatable bonds is 14. The highest BCUT2D eigenvalue weighted by atomic mass is 19.2. The van der Waals surface area contributed by atoms with E-state index in [1.165, 1.54) is 85.3 Å². The second-order valence-corrected chi connectivity index (χ2v) is 16.5. The third-order valence-electron chi connectivity index (χ3n) is 12.9. The summed E-state index contributed by atoms with van der Waals surface area (Å²) in [5.41, 5.74) is 2.64. The first-order chi connectivity index (χ1) is 34.5. The first-order valence-corrected chi connectivity index (χ1v) is 22.0. The van der Waals surface area contributed by atoms with E-state index in [-0.39, 0.29) is 139 Å². The Labute approximate surface area is 412 Å². The molecule has 2 heterocycles. The molecule has 0 aromatic heterocycles. The number of quaternary nitrogens is 1. The van der Waals surface area contributed by atoms with E-state index >= 15 is 17.6 Å². The summed E-state index contributed by atoms with van der Waals surface area (Å²) in [5.74, 6) is -8.17. The molecule has 2 aliphatic rings. The van der Waals surface area contributed by atoms with Crippen molar-refractivity contribution < 1.29 is 87.7 Å². The SMILES string of the molecule is COC1=C(OC)/C(c2cc(F)c(F)c(F)c2)=C/C[N+]2(Cc3cc(OC)c(OC)c(OC)c3-c3c(cc(OC)c(OC)c3OC)C2)Cc2c(c(OC)c(OC)c(OC)c2-c2cc(F)c(F)c(F)c2)C(C)=C1OC. The summed E-state index contributed by atoms with van der Waals surface area (Å²) in [6, 6.07) is 6.85. The van der Waals surface area contributed by atoms with Gasteiger partial charge in [0.05, 0.1) is 91.9 Å². The van der Waals surface area contributed by atoms with Crippen molar-refractivity contribution >= 4 is 11.1 Å². The Morgan fingerprint density at radius 2 is 0.764 bits per heavy atom. The summed E-state index contributed by atoms with van der Waals surface area (Å²) in [5, 5.41) is 0. The molecule has 0 saturated carbocycles. The van der Waals surface area contributed by atoms with Gasteiger partial charge in [0.2, 0.25) is 23.0 Å². The van der Waals surface area contributed by atoms with Crippen LogP contribution in [0.2, 0.25) is 0 Å². The molecular formula is C53H54F6NO12+. The molecule has 13 nitrogen and oxygen atoms in total. The maximum Gasteiger partial charge on any atom is 0.204 e. The molecule has 19 heteroatoms. The molecule has 384 valence electrons. The number of hydrogen-bond donors (Lipinski definition) is 0. The Hall–Kier alpha value is -7.54. The van der Waals surface area contributed by atoms with E-state index in [1.807, 2.05) is 0 Å². The normalized spacial score (nSPS) is 14.9. The number of allylic oxidation sites excluding steroid dienone is 2. The van der Waals surface area contributed by atoms with Crippen LogP contribution in [0.1, 0.15) is 34.7 Å². The Balaban J connectivity index is 1.80. The van der Waals surface area contributed by atoms with Crippen LogP contribution in [-0.2, 0) is 33.8 Å². The van der Waals surface area contributed by atoms with Gasteiger partial charge < -0.3 is 61.3 Å². The van der Waals surface area contributed by atoms with Crippen molar-refractivity contribution in [1.29, 1.82) is 0 Å². The maximum atomic E-state index is 15.7. The van der Waals surface area contributed by atoms with Crippen molar-refractivity contribution in [3.8, 4) is 74.0 Å². The van der Waals surface area contributed by atoms with Crippen molar-refractivity contribution in [2.45, 2.75) is 26.6 Å². The van der Waals surface area contributed by atoms with E-state index in [4.69, 9.17) is 56.8 Å². The lowest BCUT2D eigenvalue weighted by atomic mass is 9.87. The van der Waals surface area contributed by atoms with Gasteiger partial charge in [-0.1, -0.05) is 0 Å². The zero-order valence-corrected chi connectivity index (χ0v) is 42.0. The van der Waals surface area contributed by atoms with Crippen LogP contribution in [0, 0.1) is 34.9 Å². The highest BCUT2D eigenvalue weighted by Gasteiger charge is 2.43. The number of methoxy groups -OCH3 is 12. The minimum Gasteiger partial charge on any atom is -0.493 e. The first-order valence-electron chi connectivity index (χ1n) is 22.0. The van der Waals surface area contributed by atoms with Crippen LogP contribution in [0.25, 0.3) is 33.4 Å². The lowest BCUT2D eigenvalue weighted by Crippen LogP contribution is -2.46. The van der Waals surface area contributed by atoms with Crippen molar-refractivity contribution in [1.82, 2.24) is 0 Å². The van der Waals surface area contributed by atoms with Crippen LogP contribution >= 0.6 is 0 Å². The minimum absolute atomic E-state index is 0.00910. The number of fused-ring (bicyclic) bond motifs is 4. The quantitative estimate of drug-likeness (QED) is 0.0600. The Morgan fingerprint density at radius 3 is 1.15 bits per heavy atom. The number of hydrogen-bond acceptors (Lipinski definition) is 12. The molecular weight excluding hydrogens is 957 g/mol. The van der Waals surface area contributed by atoms with E-state index in [0.717, 1.165) is 24.3 Å². The predicted molar refractivity (Wildman–Crippen MR) is 254 cm³/mol. The average Bonchev–Trinajstić information content (AvgIpc) is 3.51. The van der Waals surface area contributed by atoms with Crippen LogP contribution in [0.5, 0.6) is 51.7 Å². The molecule has 0 amide bonds. The number of halogens is 6. The molecule has 1 spiro atoms.